The molecule has 1 N–H and O–H groups in total. The summed E-state index contributed by atoms with van der Waals surface area (Å²) < 4.78 is 5.76. The Hall–Kier alpha value is -2.81. The molecule has 1 aliphatic carbocycles. The molecule has 1 aromatic heterocycles. The second-order valence-electron chi connectivity index (χ2n) is 8.49. The number of hydrogen-bond donors (Lipinski definition) is 1. The molecule has 1 unspecified atom stereocenters. The molecule has 150 valence electrons. The van der Waals surface area contributed by atoms with Gasteiger partial charge in [-0.25, -0.2) is 4.79 Å². The zero-order valence-electron chi connectivity index (χ0n) is 17.1. The lowest BCUT2D eigenvalue weighted by atomic mass is 9.86. The van der Waals surface area contributed by atoms with Crippen molar-refractivity contribution in [2.45, 2.75) is 51.4 Å². The molecule has 1 atom stereocenters. The smallest absolute Gasteiger partial charge is 0.343 e. The predicted molar refractivity (Wildman–Crippen MR) is 116 cm³/mol. The van der Waals surface area contributed by atoms with Crippen molar-refractivity contribution < 1.29 is 9.52 Å². The molecule has 1 heterocycles. The highest BCUT2D eigenvalue weighted by Crippen LogP contribution is 2.42. The quantitative estimate of drug-likeness (QED) is 0.557. The zero-order chi connectivity index (χ0) is 20.4. The predicted octanol–water partition coefficient (Wildman–Crippen LogP) is 5.80. The van der Waals surface area contributed by atoms with Gasteiger partial charge in [-0.15, -0.1) is 0 Å². The molecule has 1 fully saturated rings. The van der Waals surface area contributed by atoms with Crippen LogP contribution in [0, 0.1) is 5.92 Å². The van der Waals surface area contributed by atoms with Gasteiger partial charge < -0.3 is 9.52 Å². The van der Waals surface area contributed by atoms with Crippen molar-refractivity contribution >= 4 is 0 Å². The average molecular weight is 389 g/mol. The largest absolute Gasteiger partial charge is 0.507 e. The highest BCUT2D eigenvalue weighted by atomic mass is 16.4. The van der Waals surface area contributed by atoms with E-state index in [1.165, 1.54) is 24.0 Å². The molecule has 0 aliphatic heterocycles. The molecule has 4 rings (SSSR count). The van der Waals surface area contributed by atoms with Crippen LogP contribution in [0.15, 0.2) is 69.9 Å². The van der Waals surface area contributed by atoms with E-state index in [9.17, 15) is 9.90 Å². The normalized spacial score (nSPS) is 14.9. The van der Waals surface area contributed by atoms with E-state index in [-0.39, 0.29) is 17.6 Å². The van der Waals surface area contributed by atoms with Crippen molar-refractivity contribution in [3.8, 4) is 5.75 Å². The van der Waals surface area contributed by atoms with Crippen LogP contribution in [0.5, 0.6) is 5.75 Å². The van der Waals surface area contributed by atoms with Crippen LogP contribution in [0.1, 0.15) is 66.5 Å². The fourth-order valence-electron chi connectivity index (χ4n) is 4.08. The molecule has 1 aliphatic rings. The van der Waals surface area contributed by atoms with Gasteiger partial charge in [0.2, 0.25) is 0 Å². The van der Waals surface area contributed by atoms with E-state index in [4.69, 9.17) is 4.42 Å². The first kappa shape index (κ1) is 19.5. The van der Waals surface area contributed by atoms with Gasteiger partial charge >= 0.3 is 5.63 Å². The third-order valence-corrected chi connectivity index (χ3v) is 5.95. The van der Waals surface area contributed by atoms with Gasteiger partial charge in [0, 0.05) is 18.4 Å². The molecule has 3 heteroatoms. The van der Waals surface area contributed by atoms with Crippen molar-refractivity contribution in [2.75, 3.05) is 0 Å². The molecule has 3 nitrogen and oxygen atoms in total. The van der Waals surface area contributed by atoms with Crippen LogP contribution < -0.4 is 5.63 Å². The topological polar surface area (TPSA) is 50.4 Å². The first-order chi connectivity index (χ1) is 14.0. The Balaban J connectivity index is 1.63. The van der Waals surface area contributed by atoms with E-state index in [0.29, 0.717) is 23.7 Å². The second kappa shape index (κ2) is 8.28. The summed E-state index contributed by atoms with van der Waals surface area (Å²) in [5.41, 5.74) is 3.51. The van der Waals surface area contributed by atoms with Gasteiger partial charge in [0.25, 0.3) is 0 Å². The van der Waals surface area contributed by atoms with Gasteiger partial charge in [-0.1, -0.05) is 68.4 Å². The maximum Gasteiger partial charge on any atom is 0.343 e. The number of hydrogen-bond acceptors (Lipinski definition) is 3. The lowest BCUT2D eigenvalue weighted by Gasteiger charge is -2.20. The van der Waals surface area contributed by atoms with Crippen molar-refractivity contribution in [3.05, 3.63) is 99.1 Å². The Morgan fingerprint density at radius 1 is 1.03 bits per heavy atom. The van der Waals surface area contributed by atoms with Gasteiger partial charge in [-0.2, -0.15) is 0 Å². The highest BCUT2D eigenvalue weighted by Gasteiger charge is 2.27. The maximum absolute atomic E-state index is 12.8. The molecule has 0 bridgehead atoms. The standard InChI is InChI=1S/C26H28O3/c1-17(2)22(14-18-8-4-3-5-9-18)25-16-24(27)23(26(28)29-25)15-20-10-6-7-11-21(20)19-12-13-19/h3-11,16-17,19,22,27H,12-15H2,1-2H3. The number of aromatic hydroxyl groups is 1. The Bertz CT molecular complexity index is 1030. The summed E-state index contributed by atoms with van der Waals surface area (Å²) in [6.45, 7) is 4.23. The van der Waals surface area contributed by atoms with Crippen LogP contribution in [0.4, 0.5) is 0 Å². The Morgan fingerprint density at radius 3 is 2.38 bits per heavy atom. The van der Waals surface area contributed by atoms with Crippen molar-refractivity contribution in [3.63, 3.8) is 0 Å². The van der Waals surface area contributed by atoms with E-state index < -0.39 is 5.63 Å². The van der Waals surface area contributed by atoms with Crippen LogP contribution in [0.3, 0.4) is 0 Å². The van der Waals surface area contributed by atoms with Crippen molar-refractivity contribution in [2.24, 2.45) is 5.92 Å². The molecule has 29 heavy (non-hydrogen) atoms. The third kappa shape index (κ3) is 4.45. The molecule has 0 saturated heterocycles. The molecular weight excluding hydrogens is 360 g/mol. The summed E-state index contributed by atoms with van der Waals surface area (Å²) >= 11 is 0. The number of rotatable bonds is 7. The van der Waals surface area contributed by atoms with E-state index in [2.05, 4.69) is 32.0 Å². The monoisotopic (exact) mass is 388 g/mol. The molecule has 0 amide bonds. The molecule has 0 spiro atoms. The SMILES string of the molecule is CC(C)C(Cc1ccccc1)c1cc(O)c(Cc2ccccc2C2CC2)c(=O)o1. The molecule has 0 radical (unpaired) electrons. The van der Waals surface area contributed by atoms with Gasteiger partial charge in [-0.05, 0) is 47.8 Å². The van der Waals surface area contributed by atoms with Crippen molar-refractivity contribution in [1.29, 1.82) is 0 Å². The van der Waals surface area contributed by atoms with E-state index in [1.54, 1.807) is 6.07 Å². The first-order valence-electron chi connectivity index (χ1n) is 10.5. The minimum Gasteiger partial charge on any atom is -0.507 e. The maximum atomic E-state index is 12.8. The second-order valence-corrected chi connectivity index (χ2v) is 8.49. The van der Waals surface area contributed by atoms with E-state index >= 15 is 0 Å². The van der Waals surface area contributed by atoms with Gasteiger partial charge in [-0.3, -0.25) is 0 Å². The fourth-order valence-corrected chi connectivity index (χ4v) is 4.08. The average Bonchev–Trinajstić information content (AvgIpc) is 3.55. The van der Waals surface area contributed by atoms with Crippen LogP contribution in [-0.2, 0) is 12.8 Å². The van der Waals surface area contributed by atoms with E-state index in [0.717, 1.165) is 12.0 Å². The lowest BCUT2D eigenvalue weighted by molar-refractivity contribution is 0.353. The third-order valence-electron chi connectivity index (χ3n) is 5.95. The zero-order valence-corrected chi connectivity index (χ0v) is 17.1. The number of benzene rings is 2. The van der Waals surface area contributed by atoms with Crippen LogP contribution >= 0.6 is 0 Å². The van der Waals surface area contributed by atoms with Crippen LogP contribution in [0.25, 0.3) is 0 Å². The first-order valence-corrected chi connectivity index (χ1v) is 10.5. The minimum atomic E-state index is -0.427. The Kier molecular flexibility index (Phi) is 5.57. The fraction of sp³-hybridized carbons (Fsp3) is 0.346. The lowest BCUT2D eigenvalue weighted by Crippen LogP contribution is -2.16. The molecule has 3 aromatic rings. The van der Waals surface area contributed by atoms with Crippen LogP contribution in [-0.4, -0.2) is 5.11 Å². The Morgan fingerprint density at radius 2 is 1.72 bits per heavy atom. The molecule has 1 saturated carbocycles. The van der Waals surface area contributed by atoms with Gasteiger partial charge in [0.1, 0.15) is 11.5 Å². The summed E-state index contributed by atoms with van der Waals surface area (Å²) in [4.78, 5) is 12.8. The summed E-state index contributed by atoms with van der Waals surface area (Å²) in [5.74, 6) is 1.50. The summed E-state index contributed by atoms with van der Waals surface area (Å²) in [6.07, 6.45) is 3.58. The minimum absolute atomic E-state index is 0.0313. The van der Waals surface area contributed by atoms with E-state index in [1.807, 2.05) is 36.4 Å². The van der Waals surface area contributed by atoms with Gasteiger partial charge in [0.05, 0.1) is 5.56 Å². The molecular formula is C26H28O3. The summed E-state index contributed by atoms with van der Waals surface area (Å²) in [6, 6.07) is 20.1. The van der Waals surface area contributed by atoms with Gasteiger partial charge in [0.15, 0.2) is 0 Å². The summed E-state index contributed by atoms with van der Waals surface area (Å²) in [5, 5.41) is 10.7. The van der Waals surface area contributed by atoms with Crippen molar-refractivity contribution in [1.82, 2.24) is 0 Å². The highest BCUT2D eigenvalue weighted by molar-refractivity contribution is 5.41. The Labute approximate surface area is 172 Å². The van der Waals surface area contributed by atoms with Crippen LogP contribution in [0.2, 0.25) is 0 Å². The summed E-state index contributed by atoms with van der Waals surface area (Å²) in [7, 11) is 0. The molecule has 2 aromatic carbocycles.